The highest BCUT2D eigenvalue weighted by Gasteiger charge is 2.49. The van der Waals surface area contributed by atoms with E-state index in [4.69, 9.17) is 15.3 Å². The fraction of sp³-hybridized carbons (Fsp3) is 0.875. The van der Waals surface area contributed by atoms with Crippen LogP contribution >= 0.6 is 12.4 Å². The van der Waals surface area contributed by atoms with Crippen molar-refractivity contribution in [1.29, 1.82) is 0 Å². The number of nitrogens with two attached hydrogens (primary N) is 1. The van der Waals surface area contributed by atoms with Crippen LogP contribution in [0.1, 0.15) is 26.2 Å². The lowest BCUT2D eigenvalue weighted by Gasteiger charge is -2.28. The van der Waals surface area contributed by atoms with Gasteiger partial charge in [0.05, 0.1) is 0 Å². The minimum absolute atomic E-state index is 0. The third-order valence-electron chi connectivity index (χ3n) is 2.90. The van der Waals surface area contributed by atoms with E-state index in [0.29, 0.717) is 0 Å². The van der Waals surface area contributed by atoms with Gasteiger partial charge in [-0.2, -0.15) is 9.59 Å². The lowest BCUT2D eigenvalue weighted by Crippen LogP contribution is -2.38. The Morgan fingerprint density at radius 3 is 1.92 bits per heavy atom. The zero-order valence-electron chi connectivity index (χ0n) is 7.08. The Balaban J connectivity index is 0.000000272. The molecule has 1 atom stereocenters. The summed E-state index contributed by atoms with van der Waals surface area (Å²) in [4.78, 5) is 16.2. The summed E-state index contributed by atoms with van der Waals surface area (Å²) in [6.45, 7) is 2.20. The lowest BCUT2D eigenvalue weighted by atomic mass is 9.81. The molecule has 3 nitrogen and oxygen atoms in total. The quantitative estimate of drug-likeness (QED) is 0.621. The molecule has 3 aliphatic carbocycles. The summed E-state index contributed by atoms with van der Waals surface area (Å²) in [7, 11) is 0. The molecule has 0 amide bonds. The van der Waals surface area contributed by atoms with Gasteiger partial charge in [0.25, 0.3) is 0 Å². The van der Waals surface area contributed by atoms with E-state index in [1.54, 1.807) is 0 Å². The second-order valence-corrected chi connectivity index (χ2v) is 3.83. The fourth-order valence-corrected chi connectivity index (χ4v) is 2.23. The van der Waals surface area contributed by atoms with Crippen LogP contribution < -0.4 is 5.73 Å². The molecule has 2 bridgehead atoms. The molecule has 70 valence electrons. The van der Waals surface area contributed by atoms with E-state index < -0.39 is 0 Å². The molecule has 0 saturated heterocycles. The van der Waals surface area contributed by atoms with Crippen molar-refractivity contribution in [2.24, 2.45) is 17.6 Å². The van der Waals surface area contributed by atoms with Crippen molar-refractivity contribution in [2.45, 2.75) is 31.7 Å². The van der Waals surface area contributed by atoms with Gasteiger partial charge in [0.1, 0.15) is 0 Å². The molecule has 2 N–H and O–H groups in total. The maximum Gasteiger partial charge on any atom is 0.373 e. The summed E-state index contributed by atoms with van der Waals surface area (Å²) in [5.41, 5.74) is 6.19. The average Bonchev–Trinajstić information content (AvgIpc) is 2.17. The van der Waals surface area contributed by atoms with Gasteiger partial charge in [0, 0.05) is 5.54 Å². The summed E-state index contributed by atoms with van der Waals surface area (Å²) >= 11 is 0. The molecule has 4 heteroatoms. The zero-order valence-corrected chi connectivity index (χ0v) is 7.89. The highest BCUT2D eigenvalue weighted by molar-refractivity contribution is 5.85. The van der Waals surface area contributed by atoms with Crippen molar-refractivity contribution in [3.63, 3.8) is 0 Å². The Morgan fingerprint density at radius 2 is 1.83 bits per heavy atom. The van der Waals surface area contributed by atoms with Crippen molar-refractivity contribution in [2.75, 3.05) is 0 Å². The number of hydrogen-bond acceptors (Lipinski definition) is 3. The largest absolute Gasteiger partial charge is 0.373 e. The maximum atomic E-state index is 8.12. The van der Waals surface area contributed by atoms with E-state index in [9.17, 15) is 0 Å². The van der Waals surface area contributed by atoms with E-state index in [2.05, 4.69) is 6.92 Å². The number of halogens is 1. The Labute approximate surface area is 78.1 Å². The molecule has 0 aromatic carbocycles. The number of fused-ring (bicyclic) bond motifs is 1. The molecule has 0 heterocycles. The van der Waals surface area contributed by atoms with Gasteiger partial charge < -0.3 is 5.73 Å². The van der Waals surface area contributed by atoms with Gasteiger partial charge in [0.2, 0.25) is 0 Å². The van der Waals surface area contributed by atoms with Crippen molar-refractivity contribution < 1.29 is 9.59 Å². The maximum absolute atomic E-state index is 8.12. The van der Waals surface area contributed by atoms with Crippen molar-refractivity contribution >= 4 is 18.6 Å². The Morgan fingerprint density at radius 1 is 1.42 bits per heavy atom. The predicted molar refractivity (Wildman–Crippen MR) is 45.7 cm³/mol. The first-order chi connectivity index (χ1) is 5.10. The van der Waals surface area contributed by atoms with Gasteiger partial charge in [-0.25, -0.2) is 0 Å². The van der Waals surface area contributed by atoms with Crippen LogP contribution in [0.2, 0.25) is 0 Å². The van der Waals surface area contributed by atoms with Crippen LogP contribution in [0.4, 0.5) is 0 Å². The van der Waals surface area contributed by atoms with Crippen LogP contribution in [0.3, 0.4) is 0 Å². The van der Waals surface area contributed by atoms with Crippen LogP contribution in [-0.2, 0) is 9.59 Å². The molecule has 0 aromatic rings. The van der Waals surface area contributed by atoms with Crippen molar-refractivity contribution in [3.05, 3.63) is 0 Å². The van der Waals surface area contributed by atoms with Gasteiger partial charge in [-0.3, -0.25) is 0 Å². The monoisotopic (exact) mass is 191 g/mol. The van der Waals surface area contributed by atoms with E-state index in [0.717, 1.165) is 11.8 Å². The minimum atomic E-state index is 0. The van der Waals surface area contributed by atoms with Gasteiger partial charge in [-0.05, 0) is 38.0 Å². The molecule has 3 fully saturated rings. The van der Waals surface area contributed by atoms with Crippen LogP contribution in [0.5, 0.6) is 0 Å². The first kappa shape index (κ1) is 11.6. The molecule has 3 saturated carbocycles. The van der Waals surface area contributed by atoms with Crippen LogP contribution in [0, 0.1) is 11.8 Å². The second kappa shape index (κ2) is 4.04. The second-order valence-electron chi connectivity index (χ2n) is 3.83. The number of hydrogen-bond donors (Lipinski definition) is 1. The first-order valence-electron chi connectivity index (χ1n) is 3.88. The third-order valence-corrected chi connectivity index (χ3v) is 2.90. The lowest BCUT2D eigenvalue weighted by molar-refractivity contribution is -0.191. The van der Waals surface area contributed by atoms with E-state index in [-0.39, 0.29) is 24.1 Å². The van der Waals surface area contributed by atoms with Crippen LogP contribution in [0.15, 0.2) is 0 Å². The third kappa shape index (κ3) is 2.07. The first-order valence-corrected chi connectivity index (χ1v) is 3.88. The summed E-state index contributed by atoms with van der Waals surface area (Å²) in [6, 6.07) is 0. The van der Waals surface area contributed by atoms with Gasteiger partial charge in [0.15, 0.2) is 0 Å². The average molecular weight is 192 g/mol. The van der Waals surface area contributed by atoms with Gasteiger partial charge >= 0.3 is 6.15 Å². The summed E-state index contributed by atoms with van der Waals surface area (Å²) in [6.07, 6.45) is 4.39. The normalized spacial score (nSPS) is 41.2. The molecule has 0 spiro atoms. The van der Waals surface area contributed by atoms with Crippen molar-refractivity contribution in [1.82, 2.24) is 0 Å². The Hall–Kier alpha value is -0.370. The molecule has 0 aromatic heterocycles. The van der Waals surface area contributed by atoms with Crippen molar-refractivity contribution in [3.8, 4) is 0 Å². The molecule has 12 heavy (non-hydrogen) atoms. The molecule has 1 unspecified atom stereocenters. The molecular weight excluding hydrogens is 178 g/mol. The smallest absolute Gasteiger partial charge is 0.325 e. The van der Waals surface area contributed by atoms with Crippen LogP contribution in [0.25, 0.3) is 0 Å². The Bertz CT molecular complexity index is 181. The zero-order chi connectivity index (χ0) is 8.48. The molecule has 0 radical (unpaired) electrons. The van der Waals surface area contributed by atoms with E-state index in [1.807, 2.05) is 0 Å². The number of rotatable bonds is 0. The Kier molecular flexibility index (Phi) is 3.91. The van der Waals surface area contributed by atoms with E-state index >= 15 is 0 Å². The fourth-order valence-electron chi connectivity index (χ4n) is 2.23. The highest BCUT2D eigenvalue weighted by Crippen LogP contribution is 2.53. The van der Waals surface area contributed by atoms with Crippen LogP contribution in [-0.4, -0.2) is 11.7 Å². The van der Waals surface area contributed by atoms with Gasteiger partial charge in [-0.15, -0.1) is 12.4 Å². The molecule has 3 aliphatic rings. The predicted octanol–water partition coefficient (Wildman–Crippen LogP) is 0.972. The number of carbonyl (C=O) groups excluding carboxylic acids is 2. The summed E-state index contributed by atoms with van der Waals surface area (Å²) in [5, 5.41) is 0. The highest BCUT2D eigenvalue weighted by atomic mass is 35.5. The van der Waals surface area contributed by atoms with E-state index in [1.165, 1.54) is 19.3 Å². The topological polar surface area (TPSA) is 60.2 Å². The summed E-state index contributed by atoms with van der Waals surface area (Å²) < 4.78 is 0. The summed E-state index contributed by atoms with van der Waals surface area (Å²) in [5.74, 6) is 1.89. The standard InChI is InChI=1S/C7H13N.CO2.ClH/c1-7(8)4-5-2-6(7)3-5;2-1-3;/h5-6H,2-4,8H2,1H3;;1H. The molecule has 0 aliphatic heterocycles. The van der Waals surface area contributed by atoms with Gasteiger partial charge in [-0.1, -0.05) is 0 Å². The molecule has 3 rings (SSSR count). The SMILES string of the molecule is CC1(N)CC2CC1C2.Cl.O=C=O. The minimum Gasteiger partial charge on any atom is -0.325 e. The molecular formula is C8H14ClNO2.